The summed E-state index contributed by atoms with van der Waals surface area (Å²) < 4.78 is 6.59. The number of benzene rings is 1. The molecule has 0 saturated heterocycles. The molecule has 1 N–H and O–H groups in total. The van der Waals surface area contributed by atoms with E-state index in [4.69, 9.17) is 4.74 Å². The third kappa shape index (κ3) is 2.54. The molecule has 6 heteroatoms. The maximum absolute atomic E-state index is 11.2. The van der Waals surface area contributed by atoms with Gasteiger partial charge in [0.1, 0.15) is 5.75 Å². The van der Waals surface area contributed by atoms with E-state index in [1.807, 2.05) is 30.3 Å². The highest BCUT2D eigenvalue weighted by atomic mass is 16.5. The summed E-state index contributed by atoms with van der Waals surface area (Å²) in [5.74, 6) is 0.0622. The number of nitrogens with zero attached hydrogens (tertiary/aromatic N) is 3. The molecule has 0 fully saturated rings. The Morgan fingerprint density at radius 3 is 2.55 bits per heavy atom. The molecule has 0 saturated carbocycles. The molecule has 0 atom stereocenters. The third-order valence-electron chi connectivity index (χ3n) is 3.17. The van der Waals surface area contributed by atoms with Crippen molar-refractivity contribution in [1.82, 2.24) is 14.8 Å². The van der Waals surface area contributed by atoms with E-state index in [-0.39, 0.29) is 5.69 Å². The standard InChI is InChI=1S/C16H13N3O3/c1-22-12-7-8-15(17-10-12)19-14(9-13(18-19)16(20)21)11-5-3-2-4-6-11/h2-10H,1H3,(H,20,21). The van der Waals surface area contributed by atoms with E-state index in [1.165, 1.54) is 10.7 Å². The van der Waals surface area contributed by atoms with Crippen molar-refractivity contribution in [2.45, 2.75) is 0 Å². The van der Waals surface area contributed by atoms with Crippen LogP contribution in [0.2, 0.25) is 0 Å². The van der Waals surface area contributed by atoms with E-state index < -0.39 is 5.97 Å². The molecular weight excluding hydrogens is 282 g/mol. The highest BCUT2D eigenvalue weighted by Crippen LogP contribution is 2.23. The summed E-state index contributed by atoms with van der Waals surface area (Å²) in [6.07, 6.45) is 1.56. The van der Waals surface area contributed by atoms with Crippen LogP contribution in [0.3, 0.4) is 0 Å². The van der Waals surface area contributed by atoms with E-state index in [1.54, 1.807) is 25.4 Å². The summed E-state index contributed by atoms with van der Waals surface area (Å²) in [4.78, 5) is 15.5. The van der Waals surface area contributed by atoms with Gasteiger partial charge in [-0.1, -0.05) is 30.3 Å². The summed E-state index contributed by atoms with van der Waals surface area (Å²) in [6.45, 7) is 0. The van der Waals surface area contributed by atoms with Crippen LogP contribution in [0.1, 0.15) is 10.5 Å². The minimum absolute atomic E-state index is 0.0310. The quantitative estimate of drug-likeness (QED) is 0.800. The van der Waals surface area contributed by atoms with Crippen LogP contribution < -0.4 is 4.74 Å². The monoisotopic (exact) mass is 295 g/mol. The first kappa shape index (κ1) is 13.8. The second kappa shape index (κ2) is 5.69. The van der Waals surface area contributed by atoms with Gasteiger partial charge < -0.3 is 9.84 Å². The molecule has 3 rings (SSSR count). The highest BCUT2D eigenvalue weighted by Gasteiger charge is 2.16. The average Bonchev–Trinajstić information content (AvgIpc) is 3.01. The van der Waals surface area contributed by atoms with Crippen molar-refractivity contribution in [3.05, 3.63) is 60.4 Å². The van der Waals surface area contributed by atoms with Gasteiger partial charge in [-0.3, -0.25) is 0 Å². The van der Waals surface area contributed by atoms with Crippen molar-refractivity contribution in [3.8, 4) is 22.8 Å². The largest absolute Gasteiger partial charge is 0.495 e. The van der Waals surface area contributed by atoms with Gasteiger partial charge >= 0.3 is 5.97 Å². The first-order valence-corrected chi connectivity index (χ1v) is 6.58. The molecule has 2 aromatic heterocycles. The van der Waals surface area contributed by atoms with Gasteiger partial charge in [-0.15, -0.1) is 0 Å². The Labute approximate surface area is 126 Å². The Morgan fingerprint density at radius 1 is 1.18 bits per heavy atom. The lowest BCUT2D eigenvalue weighted by atomic mass is 10.1. The number of pyridine rings is 1. The fourth-order valence-electron chi connectivity index (χ4n) is 2.09. The SMILES string of the molecule is COc1ccc(-n2nc(C(=O)O)cc2-c2ccccc2)nc1. The summed E-state index contributed by atoms with van der Waals surface area (Å²) in [5.41, 5.74) is 1.49. The van der Waals surface area contributed by atoms with Gasteiger partial charge in [0.25, 0.3) is 0 Å². The summed E-state index contributed by atoms with van der Waals surface area (Å²) in [6, 6.07) is 14.5. The number of aromatic nitrogens is 3. The maximum Gasteiger partial charge on any atom is 0.356 e. The number of ether oxygens (including phenoxy) is 1. The minimum Gasteiger partial charge on any atom is -0.495 e. The van der Waals surface area contributed by atoms with Crippen LogP contribution in [0, 0.1) is 0 Å². The van der Waals surface area contributed by atoms with Gasteiger partial charge in [0, 0.05) is 5.56 Å². The molecule has 22 heavy (non-hydrogen) atoms. The molecule has 0 aliphatic carbocycles. The smallest absolute Gasteiger partial charge is 0.356 e. The summed E-state index contributed by atoms with van der Waals surface area (Å²) in [7, 11) is 1.56. The molecule has 3 aromatic rings. The predicted molar refractivity (Wildman–Crippen MR) is 80.3 cm³/mol. The summed E-state index contributed by atoms with van der Waals surface area (Å²) in [5, 5.41) is 13.3. The molecule has 0 aliphatic rings. The molecule has 6 nitrogen and oxygen atoms in total. The molecular formula is C16H13N3O3. The minimum atomic E-state index is -1.08. The lowest BCUT2D eigenvalue weighted by Crippen LogP contribution is -2.04. The van der Waals surface area contributed by atoms with E-state index in [0.29, 0.717) is 17.3 Å². The maximum atomic E-state index is 11.2. The number of hydrogen-bond acceptors (Lipinski definition) is 4. The molecule has 110 valence electrons. The molecule has 0 unspecified atom stereocenters. The van der Waals surface area contributed by atoms with Crippen LogP contribution in [-0.2, 0) is 0 Å². The lowest BCUT2D eigenvalue weighted by Gasteiger charge is -2.07. The Morgan fingerprint density at radius 2 is 1.95 bits per heavy atom. The molecule has 2 heterocycles. The number of hydrogen-bond donors (Lipinski definition) is 1. The average molecular weight is 295 g/mol. The second-order valence-corrected chi connectivity index (χ2v) is 4.55. The van der Waals surface area contributed by atoms with Crippen molar-refractivity contribution in [1.29, 1.82) is 0 Å². The van der Waals surface area contributed by atoms with Gasteiger partial charge in [0.2, 0.25) is 0 Å². The number of carbonyl (C=O) groups is 1. The third-order valence-corrected chi connectivity index (χ3v) is 3.17. The van der Waals surface area contributed by atoms with Crippen molar-refractivity contribution < 1.29 is 14.6 Å². The fourth-order valence-corrected chi connectivity index (χ4v) is 2.09. The van der Waals surface area contributed by atoms with E-state index in [2.05, 4.69) is 10.1 Å². The van der Waals surface area contributed by atoms with E-state index >= 15 is 0 Å². The first-order valence-electron chi connectivity index (χ1n) is 6.58. The topological polar surface area (TPSA) is 77.2 Å². The Kier molecular flexibility index (Phi) is 3.57. The number of rotatable bonds is 4. The molecule has 0 bridgehead atoms. The molecule has 0 spiro atoms. The molecule has 0 amide bonds. The molecule has 0 radical (unpaired) electrons. The summed E-state index contributed by atoms with van der Waals surface area (Å²) >= 11 is 0. The molecule has 0 aliphatic heterocycles. The second-order valence-electron chi connectivity index (χ2n) is 4.55. The Balaban J connectivity index is 2.14. The van der Waals surface area contributed by atoms with Crippen LogP contribution in [0.15, 0.2) is 54.7 Å². The number of aromatic carboxylic acids is 1. The van der Waals surface area contributed by atoms with Crippen molar-refractivity contribution in [2.75, 3.05) is 7.11 Å². The number of carboxylic acid groups (broad SMARTS) is 1. The van der Waals surface area contributed by atoms with Crippen LogP contribution in [0.4, 0.5) is 0 Å². The van der Waals surface area contributed by atoms with Crippen LogP contribution in [-0.4, -0.2) is 33.0 Å². The lowest BCUT2D eigenvalue weighted by molar-refractivity contribution is 0.0690. The van der Waals surface area contributed by atoms with Gasteiger partial charge in [-0.05, 0) is 18.2 Å². The first-order chi connectivity index (χ1) is 10.7. The van der Waals surface area contributed by atoms with E-state index in [9.17, 15) is 9.90 Å². The fraction of sp³-hybridized carbons (Fsp3) is 0.0625. The number of methoxy groups -OCH3 is 1. The van der Waals surface area contributed by atoms with Gasteiger partial charge in [-0.25, -0.2) is 14.5 Å². The van der Waals surface area contributed by atoms with E-state index in [0.717, 1.165) is 5.56 Å². The van der Waals surface area contributed by atoms with Gasteiger partial charge in [0.05, 0.1) is 19.0 Å². The van der Waals surface area contributed by atoms with Crippen molar-refractivity contribution in [2.24, 2.45) is 0 Å². The van der Waals surface area contributed by atoms with Gasteiger partial charge in [-0.2, -0.15) is 5.10 Å². The van der Waals surface area contributed by atoms with Crippen LogP contribution >= 0.6 is 0 Å². The van der Waals surface area contributed by atoms with Crippen molar-refractivity contribution >= 4 is 5.97 Å². The highest BCUT2D eigenvalue weighted by molar-refractivity contribution is 5.87. The Bertz CT molecular complexity index is 795. The zero-order valence-electron chi connectivity index (χ0n) is 11.8. The predicted octanol–water partition coefficient (Wildman–Crippen LogP) is 2.64. The van der Waals surface area contributed by atoms with Gasteiger partial charge in [0.15, 0.2) is 11.5 Å². The zero-order valence-corrected chi connectivity index (χ0v) is 11.8. The molecule has 1 aromatic carbocycles. The number of carboxylic acids is 1. The zero-order chi connectivity index (χ0) is 15.5. The normalized spacial score (nSPS) is 10.4. The van der Waals surface area contributed by atoms with Crippen LogP contribution in [0.5, 0.6) is 5.75 Å². The van der Waals surface area contributed by atoms with Crippen LogP contribution in [0.25, 0.3) is 17.1 Å². The Hall–Kier alpha value is -3.15. The van der Waals surface area contributed by atoms with Crippen molar-refractivity contribution in [3.63, 3.8) is 0 Å².